The standard InChI is InChI=1S/C9H10O4S.Na/c1-13-9(10)6-7-3-2-4-8(5-7)14(11)12;/h2-5H,6H2,1H3,(H,11,12);/q;+1/p-1. The number of ether oxygens (including phenoxy) is 1. The third-order valence-corrected chi connectivity index (χ3v) is 2.31. The maximum atomic E-state index is 10.9. The molecular formula is C9H9NaO4S. The summed E-state index contributed by atoms with van der Waals surface area (Å²) in [5.41, 5.74) is 0.624. The average molecular weight is 236 g/mol. The topological polar surface area (TPSA) is 66.4 Å². The summed E-state index contributed by atoms with van der Waals surface area (Å²) in [7, 11) is 1.29. The van der Waals surface area contributed by atoms with Crippen LogP contribution >= 0.6 is 0 Å². The number of rotatable bonds is 3. The fourth-order valence-corrected chi connectivity index (χ4v) is 1.44. The Hall–Kier alpha value is -0.200. The first-order valence-electron chi connectivity index (χ1n) is 3.88. The fourth-order valence-electron chi connectivity index (χ4n) is 0.998. The Kier molecular flexibility index (Phi) is 7.04. The van der Waals surface area contributed by atoms with Crippen molar-refractivity contribution in [3.05, 3.63) is 29.8 Å². The van der Waals surface area contributed by atoms with Gasteiger partial charge in [-0.3, -0.25) is 9.00 Å². The van der Waals surface area contributed by atoms with E-state index in [0.29, 0.717) is 5.56 Å². The van der Waals surface area contributed by atoms with E-state index in [9.17, 15) is 13.6 Å². The van der Waals surface area contributed by atoms with E-state index in [1.807, 2.05) is 0 Å². The number of hydrogen-bond donors (Lipinski definition) is 0. The molecular weight excluding hydrogens is 227 g/mol. The van der Waals surface area contributed by atoms with Crippen molar-refractivity contribution >= 4 is 17.0 Å². The van der Waals surface area contributed by atoms with Gasteiger partial charge in [0, 0.05) is 4.90 Å². The molecule has 0 saturated heterocycles. The molecule has 0 N–H and O–H groups in total. The summed E-state index contributed by atoms with van der Waals surface area (Å²) in [4.78, 5) is 11.1. The first-order valence-corrected chi connectivity index (χ1v) is 4.96. The van der Waals surface area contributed by atoms with Gasteiger partial charge in [-0.15, -0.1) is 0 Å². The van der Waals surface area contributed by atoms with Gasteiger partial charge in [-0.05, 0) is 28.8 Å². The molecule has 0 bridgehead atoms. The normalized spacial score (nSPS) is 11.3. The predicted octanol–water partition coefficient (Wildman–Crippen LogP) is -2.36. The van der Waals surface area contributed by atoms with Crippen LogP contribution in [0.15, 0.2) is 29.2 Å². The summed E-state index contributed by atoms with van der Waals surface area (Å²) < 4.78 is 25.6. The Balaban J connectivity index is 0.00000196. The van der Waals surface area contributed by atoms with Crippen LogP contribution in [-0.4, -0.2) is 21.8 Å². The van der Waals surface area contributed by atoms with Crippen LogP contribution in [0.4, 0.5) is 0 Å². The van der Waals surface area contributed by atoms with Crippen molar-refractivity contribution in [2.24, 2.45) is 0 Å². The smallest absolute Gasteiger partial charge is 0.768 e. The van der Waals surface area contributed by atoms with Crippen molar-refractivity contribution < 1.29 is 47.9 Å². The third-order valence-electron chi connectivity index (χ3n) is 1.67. The van der Waals surface area contributed by atoms with E-state index in [4.69, 9.17) is 0 Å². The minimum Gasteiger partial charge on any atom is -0.768 e. The minimum absolute atomic E-state index is 0. The van der Waals surface area contributed by atoms with Crippen molar-refractivity contribution in [2.45, 2.75) is 11.3 Å². The van der Waals surface area contributed by atoms with E-state index in [-0.39, 0.29) is 46.8 Å². The number of carbonyl (C=O) groups excluding carboxylic acids is 1. The summed E-state index contributed by atoms with van der Waals surface area (Å²) in [6, 6.07) is 6.17. The van der Waals surface area contributed by atoms with Crippen LogP contribution in [0.2, 0.25) is 0 Å². The van der Waals surface area contributed by atoms with Crippen molar-refractivity contribution in [3.63, 3.8) is 0 Å². The fraction of sp³-hybridized carbons (Fsp3) is 0.222. The van der Waals surface area contributed by atoms with Gasteiger partial charge in [0.15, 0.2) is 0 Å². The molecule has 0 aliphatic heterocycles. The summed E-state index contributed by atoms with van der Waals surface area (Å²) in [6.07, 6.45) is 0.0849. The second kappa shape index (κ2) is 7.14. The molecule has 1 atom stereocenters. The van der Waals surface area contributed by atoms with Crippen LogP contribution in [0.3, 0.4) is 0 Å². The SMILES string of the molecule is COC(=O)Cc1cccc(S(=O)[O-])c1.[Na+]. The molecule has 1 aromatic rings. The van der Waals surface area contributed by atoms with Gasteiger partial charge in [-0.2, -0.15) is 0 Å². The largest absolute Gasteiger partial charge is 1.00 e. The van der Waals surface area contributed by atoms with Crippen LogP contribution < -0.4 is 29.6 Å². The van der Waals surface area contributed by atoms with Crippen molar-refractivity contribution in [2.75, 3.05) is 7.11 Å². The predicted molar refractivity (Wildman–Crippen MR) is 49.3 cm³/mol. The van der Waals surface area contributed by atoms with Gasteiger partial charge >= 0.3 is 35.5 Å². The molecule has 0 radical (unpaired) electrons. The van der Waals surface area contributed by atoms with Gasteiger partial charge in [0.2, 0.25) is 0 Å². The molecule has 6 heteroatoms. The second-order valence-corrected chi connectivity index (χ2v) is 3.58. The molecule has 15 heavy (non-hydrogen) atoms. The first-order chi connectivity index (χ1) is 6.63. The van der Waals surface area contributed by atoms with Gasteiger partial charge in [0.25, 0.3) is 0 Å². The van der Waals surface area contributed by atoms with Crippen molar-refractivity contribution in [3.8, 4) is 0 Å². The Morgan fingerprint density at radius 1 is 1.53 bits per heavy atom. The van der Waals surface area contributed by atoms with Crippen LogP contribution in [0.1, 0.15) is 5.56 Å². The molecule has 0 amide bonds. The molecule has 4 nitrogen and oxygen atoms in total. The zero-order valence-corrected chi connectivity index (χ0v) is 11.4. The Morgan fingerprint density at radius 3 is 2.73 bits per heavy atom. The van der Waals surface area contributed by atoms with Gasteiger partial charge < -0.3 is 9.29 Å². The quantitative estimate of drug-likeness (QED) is 0.335. The van der Waals surface area contributed by atoms with Gasteiger partial charge in [-0.25, -0.2) is 0 Å². The zero-order chi connectivity index (χ0) is 10.6. The number of methoxy groups -OCH3 is 1. The molecule has 0 saturated carbocycles. The molecule has 0 fully saturated rings. The van der Waals surface area contributed by atoms with E-state index >= 15 is 0 Å². The molecule has 0 aliphatic rings. The molecule has 0 spiro atoms. The van der Waals surface area contributed by atoms with Gasteiger partial charge in [-0.1, -0.05) is 12.1 Å². The summed E-state index contributed by atoms with van der Waals surface area (Å²) in [6.45, 7) is 0. The van der Waals surface area contributed by atoms with E-state index in [1.54, 1.807) is 12.1 Å². The summed E-state index contributed by atoms with van der Waals surface area (Å²) in [5.74, 6) is -0.390. The van der Waals surface area contributed by atoms with Crippen LogP contribution in [0.25, 0.3) is 0 Å². The number of esters is 1. The Bertz CT molecular complexity index is 367. The molecule has 76 valence electrons. The Labute approximate surface area is 113 Å². The third kappa shape index (κ3) is 4.90. The van der Waals surface area contributed by atoms with E-state index in [1.165, 1.54) is 19.2 Å². The maximum absolute atomic E-state index is 10.9. The van der Waals surface area contributed by atoms with E-state index < -0.39 is 11.1 Å². The number of benzene rings is 1. The van der Waals surface area contributed by atoms with E-state index in [0.717, 1.165) is 0 Å². The molecule has 0 aromatic heterocycles. The van der Waals surface area contributed by atoms with Crippen LogP contribution in [0.5, 0.6) is 0 Å². The monoisotopic (exact) mass is 236 g/mol. The molecule has 0 aliphatic carbocycles. The average Bonchev–Trinajstić information content (AvgIpc) is 2.18. The molecule has 1 aromatic carbocycles. The number of hydrogen-bond acceptors (Lipinski definition) is 4. The van der Waals surface area contributed by atoms with Gasteiger partial charge in [0.1, 0.15) is 0 Å². The number of carbonyl (C=O) groups is 1. The molecule has 1 unspecified atom stereocenters. The summed E-state index contributed by atoms with van der Waals surface area (Å²) in [5, 5.41) is 0. The minimum atomic E-state index is -2.26. The molecule has 0 heterocycles. The maximum Gasteiger partial charge on any atom is 1.00 e. The zero-order valence-electron chi connectivity index (χ0n) is 8.56. The van der Waals surface area contributed by atoms with Crippen molar-refractivity contribution in [1.82, 2.24) is 0 Å². The van der Waals surface area contributed by atoms with Crippen molar-refractivity contribution in [1.29, 1.82) is 0 Å². The Morgan fingerprint density at radius 2 is 2.20 bits per heavy atom. The molecule has 1 rings (SSSR count). The summed E-state index contributed by atoms with van der Waals surface area (Å²) >= 11 is -2.26. The second-order valence-electron chi connectivity index (χ2n) is 2.64. The van der Waals surface area contributed by atoms with E-state index in [2.05, 4.69) is 4.74 Å². The first kappa shape index (κ1) is 14.8. The van der Waals surface area contributed by atoms with Crippen LogP contribution in [-0.2, 0) is 27.0 Å². The van der Waals surface area contributed by atoms with Crippen LogP contribution in [0, 0.1) is 0 Å². The van der Waals surface area contributed by atoms with Gasteiger partial charge in [0.05, 0.1) is 13.5 Å².